The molecule has 0 aromatic carbocycles. The monoisotopic (exact) mass is 1440 g/mol. The van der Waals surface area contributed by atoms with E-state index in [1.165, 1.54) is 154 Å². The fourth-order valence-electron chi connectivity index (χ4n) is 13.3. The van der Waals surface area contributed by atoms with Crippen LogP contribution >= 0.6 is 7.82 Å². The lowest BCUT2D eigenvalue weighted by Crippen LogP contribution is -2.69. The minimum atomic E-state index is -5.69. The zero-order valence-electron chi connectivity index (χ0n) is 61.2. The summed E-state index contributed by atoms with van der Waals surface area (Å²) in [5.41, 5.74) is 0. The Bertz CT molecular complexity index is 2060. The van der Waals surface area contributed by atoms with Gasteiger partial charge in [0.1, 0.15) is 98.7 Å². The molecular formula is C74H139O24P. The topological polar surface area (TPSA) is 374 Å². The lowest BCUT2D eigenvalue weighted by molar-refractivity contribution is -0.360. The smallest absolute Gasteiger partial charge is 0.463 e. The first-order valence-electron chi connectivity index (χ1n) is 39.2. The van der Waals surface area contributed by atoms with Crippen molar-refractivity contribution < 1.29 is 117 Å². The highest BCUT2D eigenvalue weighted by atomic mass is 31.2. The average molecular weight is 1440 g/mol. The summed E-state index contributed by atoms with van der Waals surface area (Å²) in [4.78, 5) is 51.1. The molecule has 3 aliphatic rings. The lowest BCUT2D eigenvalue weighted by Gasteiger charge is -2.49. The van der Waals surface area contributed by atoms with Gasteiger partial charge in [0.25, 0.3) is 0 Å². The second-order valence-electron chi connectivity index (χ2n) is 28.7. The van der Waals surface area contributed by atoms with Gasteiger partial charge in [-0.1, -0.05) is 278 Å². The van der Waals surface area contributed by atoms with Crippen molar-refractivity contribution in [2.45, 2.75) is 421 Å². The van der Waals surface area contributed by atoms with E-state index in [9.17, 15) is 74.9 Å². The second-order valence-corrected chi connectivity index (χ2v) is 30.1. The Kier molecular flexibility index (Phi) is 51.0. The lowest BCUT2D eigenvalue weighted by atomic mass is 9.84. The Balaban J connectivity index is 1.72. The predicted molar refractivity (Wildman–Crippen MR) is 375 cm³/mol. The third kappa shape index (κ3) is 38.7. The van der Waals surface area contributed by atoms with E-state index in [1.54, 1.807) is 0 Å². The minimum absolute atomic E-state index is 0.0310. The highest BCUT2D eigenvalue weighted by Gasteiger charge is 2.58. The molecule has 584 valence electrons. The molecule has 0 aromatic rings. The number of carbonyl (C=O) groups is 3. The molecule has 19 unspecified atom stereocenters. The van der Waals surface area contributed by atoms with E-state index in [4.69, 9.17) is 42.2 Å². The van der Waals surface area contributed by atoms with Crippen molar-refractivity contribution in [1.29, 1.82) is 0 Å². The van der Waals surface area contributed by atoms with Crippen LogP contribution in [0.3, 0.4) is 0 Å². The van der Waals surface area contributed by atoms with Crippen LogP contribution in [0.25, 0.3) is 0 Å². The van der Waals surface area contributed by atoms with Crippen LogP contribution in [0, 0.1) is 5.92 Å². The fourth-order valence-corrected chi connectivity index (χ4v) is 14.3. The number of ether oxygens (including phenoxy) is 7. The molecule has 2 heterocycles. The fraction of sp³-hybridized carbons (Fsp3) is 0.959. The molecule has 0 spiro atoms. The molecule has 2 saturated heterocycles. The number of aliphatic hydroxyl groups excluding tert-OH is 10. The van der Waals surface area contributed by atoms with Crippen LogP contribution in [0.1, 0.15) is 317 Å². The largest absolute Gasteiger partial charge is 0.472 e. The summed E-state index contributed by atoms with van der Waals surface area (Å²) >= 11 is 0. The number of hydrogen-bond donors (Lipinski definition) is 11. The minimum Gasteiger partial charge on any atom is -0.463 e. The van der Waals surface area contributed by atoms with Gasteiger partial charge in [0, 0.05) is 19.3 Å². The quantitative estimate of drug-likeness (QED) is 0.0117. The third-order valence-corrected chi connectivity index (χ3v) is 20.8. The number of carbonyl (C=O) groups excluding carboxylic acids is 3. The summed E-state index contributed by atoms with van der Waals surface area (Å²) in [6.45, 7) is 5.80. The summed E-state index contributed by atoms with van der Waals surface area (Å²) in [6, 6.07) is 0. The molecule has 19 atom stereocenters. The molecule has 99 heavy (non-hydrogen) atoms. The summed E-state index contributed by atoms with van der Waals surface area (Å²) in [6.07, 6.45) is 11.6. The number of phosphoric acid groups is 1. The van der Waals surface area contributed by atoms with Crippen LogP contribution in [-0.4, -0.2) is 204 Å². The highest BCUT2D eigenvalue weighted by molar-refractivity contribution is 7.47. The Labute approximate surface area is 593 Å². The molecule has 0 bridgehead atoms. The first-order valence-corrected chi connectivity index (χ1v) is 40.7. The van der Waals surface area contributed by atoms with Crippen molar-refractivity contribution in [2.75, 3.05) is 26.4 Å². The summed E-state index contributed by atoms with van der Waals surface area (Å²) in [5.74, 6) is -1.28. The van der Waals surface area contributed by atoms with Crippen molar-refractivity contribution in [3.05, 3.63) is 0 Å². The van der Waals surface area contributed by atoms with Gasteiger partial charge in [0.2, 0.25) is 0 Å². The molecule has 1 saturated carbocycles. The Morgan fingerprint density at radius 1 is 0.384 bits per heavy atom. The van der Waals surface area contributed by atoms with E-state index < -0.39 is 156 Å². The zero-order valence-corrected chi connectivity index (χ0v) is 62.1. The number of rotatable bonds is 61. The van der Waals surface area contributed by atoms with Gasteiger partial charge >= 0.3 is 25.7 Å². The molecule has 0 radical (unpaired) electrons. The first kappa shape index (κ1) is 91.2. The maximum atomic E-state index is 14.3. The van der Waals surface area contributed by atoms with Crippen molar-refractivity contribution in [2.24, 2.45) is 5.92 Å². The normalized spacial score (nSPS) is 27.7. The van der Waals surface area contributed by atoms with Gasteiger partial charge in [-0.15, -0.1) is 0 Å². The summed E-state index contributed by atoms with van der Waals surface area (Å²) in [5, 5.41) is 110. The molecule has 0 amide bonds. The maximum Gasteiger partial charge on any atom is 0.472 e. The highest BCUT2D eigenvalue weighted by Crippen LogP contribution is 2.49. The van der Waals surface area contributed by atoms with E-state index in [2.05, 4.69) is 27.7 Å². The molecular weight excluding hydrogens is 1300 g/mol. The van der Waals surface area contributed by atoms with Crippen LogP contribution in [0.5, 0.6) is 0 Å². The number of esters is 3. The average Bonchev–Trinajstić information content (AvgIpc) is 0.761. The number of aliphatic hydroxyl groups is 10. The maximum absolute atomic E-state index is 14.3. The van der Waals surface area contributed by atoms with Crippen molar-refractivity contribution in [3.63, 3.8) is 0 Å². The van der Waals surface area contributed by atoms with Gasteiger partial charge in [-0.05, 0) is 25.2 Å². The molecule has 2 aliphatic heterocycles. The first-order chi connectivity index (χ1) is 47.7. The molecule has 24 nitrogen and oxygen atoms in total. The van der Waals surface area contributed by atoms with E-state index in [1.807, 2.05) is 0 Å². The van der Waals surface area contributed by atoms with Gasteiger partial charge in [0.15, 0.2) is 18.7 Å². The van der Waals surface area contributed by atoms with Crippen molar-refractivity contribution in [1.82, 2.24) is 0 Å². The molecule has 25 heteroatoms. The van der Waals surface area contributed by atoms with Crippen LogP contribution in [0.15, 0.2) is 0 Å². The van der Waals surface area contributed by atoms with Crippen molar-refractivity contribution >= 4 is 25.7 Å². The summed E-state index contributed by atoms with van der Waals surface area (Å²) < 4.78 is 65.1. The van der Waals surface area contributed by atoms with E-state index in [-0.39, 0.29) is 19.3 Å². The van der Waals surface area contributed by atoms with Crippen LogP contribution in [0.2, 0.25) is 0 Å². The van der Waals surface area contributed by atoms with Gasteiger partial charge in [-0.2, -0.15) is 0 Å². The summed E-state index contributed by atoms with van der Waals surface area (Å²) in [7, 11) is -5.69. The van der Waals surface area contributed by atoms with Gasteiger partial charge in [-0.25, -0.2) is 4.57 Å². The second kappa shape index (κ2) is 55.4. The third-order valence-electron chi connectivity index (χ3n) is 19.8. The molecule has 3 rings (SSSR count). The number of phosphoric ester groups is 1. The Hall–Kier alpha value is -2.04. The van der Waals surface area contributed by atoms with Gasteiger partial charge < -0.3 is 89.1 Å². The Morgan fingerprint density at radius 2 is 0.707 bits per heavy atom. The van der Waals surface area contributed by atoms with Crippen LogP contribution < -0.4 is 0 Å². The standard InChI is InChI=1S/C74H139O24P/c1-5-8-11-14-17-19-21-23-24-25-26-28-30-32-39-44-49-60(78)93-55(51-90-58(76)47-42-37-31-29-27-22-20-18-15-12-9-6-2)52-92-99(88,89)98-72-70(96-73-68(86)63(81)61(79)56(50-75)94-73)66(84)65(83)67(85)71(72)97-74-69(87)64(82)62(80)57(95-74)53-91-59(77)48-43-38-34-33-36-41-46-54(4)45-40-35-16-13-10-7-3/h54-57,61-75,79-87H,5-53H2,1-4H3,(H,88,89). The van der Waals surface area contributed by atoms with E-state index in [0.717, 1.165) is 96.3 Å². The molecule has 0 aromatic heterocycles. The number of hydrogen-bond acceptors (Lipinski definition) is 23. The van der Waals surface area contributed by atoms with Crippen LogP contribution in [-0.2, 0) is 61.2 Å². The van der Waals surface area contributed by atoms with E-state index >= 15 is 0 Å². The van der Waals surface area contributed by atoms with E-state index in [0.29, 0.717) is 25.2 Å². The zero-order chi connectivity index (χ0) is 72.6. The molecule has 1 aliphatic carbocycles. The van der Waals surface area contributed by atoms with Gasteiger partial charge in [-0.3, -0.25) is 23.4 Å². The number of unbranched alkanes of at least 4 members (excludes halogenated alkanes) is 36. The molecule has 3 fully saturated rings. The van der Waals surface area contributed by atoms with Crippen molar-refractivity contribution in [3.8, 4) is 0 Å². The molecule has 11 N–H and O–H groups in total. The van der Waals surface area contributed by atoms with Crippen LogP contribution in [0.4, 0.5) is 0 Å². The SMILES string of the molecule is CCCCCCCCCCCCCCCCCCC(=O)OC(COC(=O)CCCCCCCCCCCCCC)COP(=O)(O)OC1C(OC2OC(CO)C(O)C(O)C2O)C(O)C(O)C(O)C1OC1OC(COC(=O)CCCCCCCCC(C)CCCCCCCC)C(O)C(O)C1O. The predicted octanol–water partition coefficient (Wildman–Crippen LogP) is 11.2. The van der Waals surface area contributed by atoms with Gasteiger partial charge in [0.05, 0.1) is 13.2 Å². The Morgan fingerprint density at radius 3 is 1.09 bits per heavy atom.